The fraction of sp³-hybridized carbons (Fsp3) is 0.256. The minimum absolute atomic E-state index is 0.0180. The van der Waals surface area contributed by atoms with Crippen LogP contribution in [0.1, 0.15) is 189 Å². The van der Waals surface area contributed by atoms with Gasteiger partial charge >= 0.3 is 11.7 Å². The average Bonchev–Trinajstić information content (AvgIpc) is 1.57. The van der Waals surface area contributed by atoms with Crippen LogP contribution in [0.15, 0.2) is 350 Å². The number of benzene rings is 14. The summed E-state index contributed by atoms with van der Waals surface area (Å²) in [7, 11) is 0. The first-order chi connectivity index (χ1) is 71.8. The highest BCUT2D eigenvalue weighted by atomic mass is 35.5. The Morgan fingerprint density at radius 3 is 1.28 bits per heavy atom. The second-order valence-corrected chi connectivity index (χ2v) is 42.2. The standard InChI is InChI=1S/C25H24Cl2N2O2.C25H20Cl2N2O.C19H21ClO.C19H19ClO.C12H14O2.C8H8O.C7H4ClNO.C6H6ClN.C4H6O/c1-16-3-2-4-18(15-16)24(30)23(17-5-6-17)29(22-13-9-20(27)10-14-22)25(31)28-21-11-7-19(26)8-12-21;1-16-3-2-4-18(15-16)24-23(17-5-6-17)28(21-11-7-19(26)8-12-21)25(30)29(24)22-13-9-20(27)10-14-22;2*1-13-3-2-4-16(11-13)19(21)18(15-7-8-15)12-14-5-9-17(20)10-6-14;1-8-3-2-4-10(7-8)12(14)11(13)9-5-6-9;1-7-3-2-4-8(5-7)6-9;8-6-1-3-7(4-2-6)9-5-10;7-5-1-3-6(8)4-2-5;5-3-4-1-2-4/h2-4,7-15,17,23-24,30H,5-6H2,1H3,(H,28,31);2-4,7-15,17H,5-6H2,1H3;2-6,9-11,15,18-19,21H,7-8,12H2,1H3;2-6,9-11,15,18H,7-8,12H2,1H3;2-4,7,9,12,14H,5-6H2,1H3;2-6H,1H3;1-4H;1-4H,8H2;3-4H,1-2H2. The summed E-state index contributed by atoms with van der Waals surface area (Å²) in [5, 5.41) is 40.2. The number of nitrogens with zero attached hydrogens (tertiary/aromatic N) is 4. The first-order valence-corrected chi connectivity index (χ1v) is 53.1. The Hall–Kier alpha value is -12.6. The molecule has 6 fully saturated rings. The van der Waals surface area contributed by atoms with Gasteiger partial charge in [-0.05, 0) is 371 Å². The van der Waals surface area contributed by atoms with Gasteiger partial charge in [0.25, 0.3) is 0 Å². The highest BCUT2D eigenvalue weighted by molar-refractivity contribution is 6.33. The number of aryl methyl sites for hydroxylation is 6. The maximum atomic E-state index is 13.8. The molecule has 2 amide bonds. The Kier molecular flexibility index (Phi) is 42.5. The molecule has 15 aromatic rings. The zero-order valence-corrected chi connectivity index (χ0v) is 90.0. The van der Waals surface area contributed by atoms with Crippen molar-refractivity contribution in [3.8, 4) is 22.6 Å². The molecule has 6 aliphatic rings. The number of halogens is 8. The normalized spacial score (nSPS) is 14.6. The molecule has 0 radical (unpaired) electrons. The SMILES string of the molecule is Cc1cccc(-c2c(C3CC3)n(-c3ccc(Cl)cc3)c(=O)n2-c2ccc(Cl)cc2)c1.Cc1cccc(C(=O)C(Cc2ccc(Cl)cc2)C2CC2)c1.Cc1cccc(C(O)C(=O)C2CC2)c1.Cc1cccc(C(O)C(C2CC2)N(C(=O)Nc2ccc(Cl)cc2)c2ccc(Cl)cc2)c1.Cc1cccc(C(O)C(Cc2ccc(Cl)cc2)C2CC2)c1.Cc1cccc(C=O)c1.Nc1ccc(Cl)cc1.O=C=Nc1ccc(Cl)cc1.O=CC1CC1. The largest absolute Gasteiger partial charge is 0.399 e. The smallest absolute Gasteiger partial charge is 0.338 e. The predicted octanol–water partition coefficient (Wildman–Crippen LogP) is 32.3. The number of aliphatic hydroxyl groups excluding tert-OH is 3. The number of imidazole rings is 1. The summed E-state index contributed by atoms with van der Waals surface area (Å²) in [5.74, 6) is 3.01. The lowest BCUT2D eigenvalue weighted by Crippen LogP contribution is -2.47. The van der Waals surface area contributed by atoms with Crippen LogP contribution >= 0.6 is 92.8 Å². The van der Waals surface area contributed by atoms with Crippen molar-refractivity contribution >= 4 is 152 Å². The van der Waals surface area contributed by atoms with Crippen LogP contribution in [0.3, 0.4) is 0 Å². The third-order valence-electron chi connectivity index (χ3n) is 26.1. The van der Waals surface area contributed by atoms with Crippen molar-refractivity contribution in [3.05, 3.63) is 468 Å². The second kappa shape index (κ2) is 55.8. The van der Waals surface area contributed by atoms with Gasteiger partial charge in [-0.25, -0.2) is 14.4 Å². The van der Waals surface area contributed by atoms with Gasteiger partial charge in [0, 0.05) is 97.6 Å². The molecule has 6 unspecified atom stereocenters. The number of Topliss-reactive ketones (excluding diaryl/α,β-unsaturated/α-hetero) is 2. The van der Waals surface area contributed by atoms with Crippen LogP contribution in [0.2, 0.25) is 40.2 Å². The Morgan fingerprint density at radius 1 is 0.436 bits per heavy atom. The lowest BCUT2D eigenvalue weighted by Gasteiger charge is -2.35. The number of urea groups is 1. The lowest BCUT2D eigenvalue weighted by molar-refractivity contribution is -0.128. The molecule has 0 aliphatic heterocycles. The first kappa shape index (κ1) is 114. The molecule has 6 atom stereocenters. The van der Waals surface area contributed by atoms with Gasteiger partial charge in [0.1, 0.15) is 24.8 Å². The highest BCUT2D eigenvalue weighted by Crippen LogP contribution is 2.49. The van der Waals surface area contributed by atoms with Crippen LogP contribution in [-0.2, 0) is 27.2 Å². The number of ketones is 2. The number of amides is 2. The van der Waals surface area contributed by atoms with Crippen LogP contribution in [0, 0.1) is 83.0 Å². The molecule has 768 valence electrons. The maximum absolute atomic E-state index is 13.8. The molecule has 1 heterocycles. The van der Waals surface area contributed by atoms with Gasteiger partial charge in [-0.15, -0.1) is 0 Å². The number of carbonyl (C=O) groups excluding carboxylic acids is 6. The van der Waals surface area contributed by atoms with Gasteiger partial charge in [0.2, 0.25) is 6.08 Å². The van der Waals surface area contributed by atoms with Crippen molar-refractivity contribution in [2.45, 2.75) is 162 Å². The number of carbonyl (C=O) groups is 5. The molecule has 21 rings (SSSR count). The fourth-order valence-electron chi connectivity index (χ4n) is 17.3. The number of hydrogen-bond acceptors (Lipinski definition) is 12. The number of nitrogens with one attached hydrogen (secondary N) is 1. The van der Waals surface area contributed by atoms with E-state index in [1.165, 1.54) is 48.5 Å². The molecular formula is C125H122Cl8N6O10. The van der Waals surface area contributed by atoms with Gasteiger partial charge in [-0.1, -0.05) is 278 Å². The summed E-state index contributed by atoms with van der Waals surface area (Å²) in [6.45, 7) is 12.1. The minimum Gasteiger partial charge on any atom is -0.399 e. The fourth-order valence-corrected chi connectivity index (χ4v) is 18.4. The van der Waals surface area contributed by atoms with E-state index < -0.39 is 18.2 Å². The number of nitrogen functional groups attached to an aromatic ring is 1. The van der Waals surface area contributed by atoms with Crippen molar-refractivity contribution < 1.29 is 44.1 Å². The Balaban J connectivity index is 0.000000146. The number of nitrogens with two attached hydrogens (primary N) is 1. The molecule has 14 aromatic carbocycles. The van der Waals surface area contributed by atoms with E-state index in [0.29, 0.717) is 71.8 Å². The summed E-state index contributed by atoms with van der Waals surface area (Å²) in [6, 6.07) is 105. The number of aliphatic hydroxyl groups is 3. The van der Waals surface area contributed by atoms with Gasteiger partial charge < -0.3 is 31.2 Å². The molecule has 24 heteroatoms. The van der Waals surface area contributed by atoms with E-state index in [4.69, 9.17) is 98.5 Å². The summed E-state index contributed by atoms with van der Waals surface area (Å²) in [6.07, 6.45) is 16.0. The van der Waals surface area contributed by atoms with Crippen molar-refractivity contribution in [2.24, 2.45) is 46.4 Å². The molecule has 6 N–H and O–H groups in total. The summed E-state index contributed by atoms with van der Waals surface area (Å²) < 4.78 is 3.66. The van der Waals surface area contributed by atoms with E-state index in [1.807, 2.05) is 237 Å². The average molecular weight is 2150 g/mol. The van der Waals surface area contributed by atoms with Crippen molar-refractivity contribution in [3.63, 3.8) is 0 Å². The molecule has 149 heavy (non-hydrogen) atoms. The Labute approximate surface area is 912 Å². The summed E-state index contributed by atoms with van der Waals surface area (Å²) in [5.41, 5.74) is 25.9. The van der Waals surface area contributed by atoms with Gasteiger partial charge in [-0.2, -0.15) is 4.99 Å². The molecule has 0 saturated heterocycles. The summed E-state index contributed by atoms with van der Waals surface area (Å²) in [4.78, 5) is 86.2. The van der Waals surface area contributed by atoms with Gasteiger partial charge in [-0.3, -0.25) is 28.4 Å². The summed E-state index contributed by atoms with van der Waals surface area (Å²) >= 11 is 47.3. The van der Waals surface area contributed by atoms with E-state index in [0.717, 1.165) is 181 Å². The van der Waals surface area contributed by atoms with Crippen LogP contribution in [0.4, 0.5) is 27.5 Å². The molecule has 6 aliphatic carbocycles. The number of anilines is 3. The molecule has 0 spiro atoms. The Bertz CT molecular complexity index is 7040. The van der Waals surface area contributed by atoms with Crippen LogP contribution in [0.5, 0.6) is 0 Å². The monoisotopic (exact) mass is 2150 g/mol. The quantitative estimate of drug-likeness (QED) is 0.0112. The minimum atomic E-state index is -0.914. The highest BCUT2D eigenvalue weighted by Gasteiger charge is 2.45. The van der Waals surface area contributed by atoms with E-state index in [9.17, 15) is 48.9 Å². The van der Waals surface area contributed by atoms with Gasteiger partial charge in [0.15, 0.2) is 11.6 Å². The predicted molar refractivity (Wildman–Crippen MR) is 609 cm³/mol. The zero-order chi connectivity index (χ0) is 106. The molecular weight excluding hydrogens is 2030 g/mol. The van der Waals surface area contributed by atoms with Crippen molar-refractivity contribution in [1.29, 1.82) is 0 Å². The number of aromatic nitrogens is 2. The number of hydrogen-bond donors (Lipinski definition) is 5. The lowest BCUT2D eigenvalue weighted by atomic mass is 9.86. The van der Waals surface area contributed by atoms with E-state index in [1.54, 1.807) is 102 Å². The van der Waals surface area contributed by atoms with E-state index >= 15 is 0 Å². The van der Waals surface area contributed by atoms with Crippen molar-refractivity contribution in [2.75, 3.05) is 16.0 Å². The van der Waals surface area contributed by atoms with Crippen LogP contribution in [-0.4, -0.2) is 66.7 Å². The third kappa shape index (κ3) is 35.5. The van der Waals surface area contributed by atoms with Gasteiger partial charge in [0.05, 0.1) is 40.6 Å². The van der Waals surface area contributed by atoms with Crippen LogP contribution in [0.25, 0.3) is 22.6 Å². The Morgan fingerprint density at radius 2 is 0.852 bits per heavy atom. The van der Waals surface area contributed by atoms with E-state index in [-0.39, 0.29) is 47.1 Å². The number of isocyanates is 1. The third-order valence-corrected chi connectivity index (χ3v) is 28.1. The molecule has 16 nitrogen and oxygen atoms in total. The van der Waals surface area contributed by atoms with Crippen LogP contribution < -0.4 is 21.6 Å². The van der Waals surface area contributed by atoms with Crippen molar-refractivity contribution in [1.82, 2.24) is 9.13 Å². The second-order valence-electron chi connectivity index (χ2n) is 38.7. The zero-order valence-electron chi connectivity index (χ0n) is 83.9. The molecule has 0 bridgehead atoms. The molecule has 6 saturated carbocycles. The number of aliphatic imine (C=N–C) groups is 1. The van der Waals surface area contributed by atoms with E-state index in [2.05, 4.69) is 66.6 Å². The number of rotatable bonds is 26. The number of aldehydes is 2. The first-order valence-electron chi connectivity index (χ1n) is 50.0. The molecule has 1 aromatic heterocycles. The maximum Gasteiger partial charge on any atom is 0.338 e. The topological polar surface area (TPSA) is 244 Å².